The van der Waals surface area contributed by atoms with Crippen molar-refractivity contribution in [1.29, 1.82) is 0 Å². The first kappa shape index (κ1) is 15.0. The zero-order valence-corrected chi connectivity index (χ0v) is 14.8. The summed E-state index contributed by atoms with van der Waals surface area (Å²) in [6.07, 6.45) is 0. The molecule has 2 aromatic rings. The number of halogens is 4. The van der Waals surface area contributed by atoms with Crippen LogP contribution in [0.3, 0.4) is 0 Å². The van der Waals surface area contributed by atoms with Crippen LogP contribution in [0, 0.1) is 5.82 Å². The van der Waals surface area contributed by atoms with Crippen LogP contribution in [0.15, 0.2) is 49.8 Å². The summed E-state index contributed by atoms with van der Waals surface area (Å²) in [4.78, 5) is 0. The molecule has 1 nitrogen and oxygen atoms in total. The Labute approximate surface area is 137 Å². The lowest BCUT2D eigenvalue weighted by atomic mass is 10.1. The van der Waals surface area contributed by atoms with E-state index in [1.165, 1.54) is 6.07 Å². The normalized spacial score (nSPS) is 12.3. The lowest BCUT2D eigenvalue weighted by Gasteiger charge is -2.19. The average molecular weight is 452 g/mol. The predicted molar refractivity (Wildman–Crippen MR) is 88.0 cm³/mol. The first-order chi connectivity index (χ1) is 8.99. The third-order valence-corrected chi connectivity index (χ3v) is 4.59. The molecule has 0 aliphatic heterocycles. The molecule has 0 radical (unpaired) electrons. The van der Waals surface area contributed by atoms with E-state index in [1.807, 2.05) is 31.2 Å². The monoisotopic (exact) mass is 449 g/mol. The van der Waals surface area contributed by atoms with E-state index in [2.05, 4.69) is 53.1 Å². The minimum absolute atomic E-state index is 0.0179. The van der Waals surface area contributed by atoms with Gasteiger partial charge < -0.3 is 5.32 Å². The summed E-state index contributed by atoms with van der Waals surface area (Å²) >= 11 is 10.3. The second kappa shape index (κ2) is 6.37. The fourth-order valence-corrected chi connectivity index (χ4v) is 3.63. The van der Waals surface area contributed by atoms with Crippen molar-refractivity contribution in [3.05, 3.63) is 61.2 Å². The molecule has 5 heteroatoms. The van der Waals surface area contributed by atoms with Gasteiger partial charge in [-0.05, 0) is 52.7 Å². The van der Waals surface area contributed by atoms with Crippen molar-refractivity contribution in [3.63, 3.8) is 0 Å². The number of hydrogen-bond donors (Lipinski definition) is 1. The van der Waals surface area contributed by atoms with E-state index in [0.717, 1.165) is 14.5 Å². The van der Waals surface area contributed by atoms with Gasteiger partial charge in [0.2, 0.25) is 0 Å². The van der Waals surface area contributed by atoms with Crippen LogP contribution in [-0.4, -0.2) is 0 Å². The Bertz CT molecular complexity index is 581. The fourth-order valence-electron chi connectivity index (χ4n) is 1.78. The van der Waals surface area contributed by atoms with E-state index >= 15 is 0 Å². The standard InChI is InChI=1S/C14H11Br3FN/c1-8(10-6-5-9(15)7-12(10)17)19-14-11(16)3-2-4-13(14)18/h2-8,19H,1H3. The summed E-state index contributed by atoms with van der Waals surface area (Å²) in [6, 6.07) is 10.9. The van der Waals surface area contributed by atoms with Crippen LogP contribution >= 0.6 is 47.8 Å². The molecule has 0 spiro atoms. The van der Waals surface area contributed by atoms with Crippen LogP contribution in [0.1, 0.15) is 18.5 Å². The summed E-state index contributed by atoms with van der Waals surface area (Å²) in [5.41, 5.74) is 1.54. The molecule has 2 rings (SSSR count). The van der Waals surface area contributed by atoms with Gasteiger partial charge >= 0.3 is 0 Å². The molecule has 19 heavy (non-hydrogen) atoms. The molecule has 0 bridgehead atoms. The molecule has 1 unspecified atom stereocenters. The zero-order valence-electron chi connectivity index (χ0n) is 10.1. The molecule has 0 aliphatic rings. The molecule has 0 saturated carbocycles. The Hall–Kier alpha value is -0.390. The van der Waals surface area contributed by atoms with Crippen LogP contribution < -0.4 is 5.32 Å². The fraction of sp³-hybridized carbons (Fsp3) is 0.143. The number of rotatable bonds is 3. The second-order valence-corrected chi connectivity index (χ2v) is 6.75. The van der Waals surface area contributed by atoms with Crippen molar-refractivity contribution in [3.8, 4) is 0 Å². The van der Waals surface area contributed by atoms with Crippen molar-refractivity contribution in [2.24, 2.45) is 0 Å². The predicted octanol–water partition coefficient (Wildman–Crippen LogP) is 6.29. The highest BCUT2D eigenvalue weighted by Crippen LogP contribution is 2.32. The molecule has 0 fully saturated rings. The molecule has 1 N–H and O–H groups in total. The Morgan fingerprint density at radius 1 is 1.05 bits per heavy atom. The van der Waals surface area contributed by atoms with Gasteiger partial charge in [-0.15, -0.1) is 0 Å². The van der Waals surface area contributed by atoms with Crippen molar-refractivity contribution in [2.45, 2.75) is 13.0 Å². The van der Waals surface area contributed by atoms with E-state index in [4.69, 9.17) is 0 Å². The van der Waals surface area contributed by atoms with Gasteiger partial charge in [0.05, 0.1) is 5.69 Å². The largest absolute Gasteiger partial charge is 0.375 e. The number of nitrogens with one attached hydrogen (secondary N) is 1. The van der Waals surface area contributed by atoms with Crippen LogP contribution in [0.25, 0.3) is 0 Å². The maximum absolute atomic E-state index is 13.8. The van der Waals surface area contributed by atoms with E-state index < -0.39 is 0 Å². The highest BCUT2D eigenvalue weighted by Gasteiger charge is 2.13. The van der Waals surface area contributed by atoms with Crippen molar-refractivity contribution >= 4 is 53.5 Å². The van der Waals surface area contributed by atoms with Gasteiger partial charge in [0.25, 0.3) is 0 Å². The number of anilines is 1. The Kier molecular flexibility index (Phi) is 5.03. The summed E-state index contributed by atoms with van der Waals surface area (Å²) in [7, 11) is 0. The lowest BCUT2D eigenvalue weighted by Crippen LogP contribution is -2.09. The third-order valence-electron chi connectivity index (χ3n) is 2.75. The van der Waals surface area contributed by atoms with Gasteiger partial charge in [-0.25, -0.2) is 4.39 Å². The lowest BCUT2D eigenvalue weighted by molar-refractivity contribution is 0.626. The molecular weight excluding hydrogens is 441 g/mol. The summed E-state index contributed by atoms with van der Waals surface area (Å²) < 4.78 is 16.5. The van der Waals surface area contributed by atoms with Gasteiger partial charge in [-0.1, -0.05) is 44.0 Å². The van der Waals surface area contributed by atoms with E-state index in [9.17, 15) is 4.39 Å². The van der Waals surface area contributed by atoms with Gasteiger partial charge in [0, 0.05) is 19.5 Å². The summed E-state index contributed by atoms with van der Waals surface area (Å²) in [5.74, 6) is -0.269. The molecule has 1 atom stereocenters. The topological polar surface area (TPSA) is 12.0 Å². The molecule has 0 aliphatic carbocycles. The minimum atomic E-state index is -0.269. The van der Waals surface area contributed by atoms with E-state index in [0.29, 0.717) is 10.2 Å². The molecular formula is C14H11Br3FN. The first-order valence-corrected chi connectivity index (χ1v) is 8.02. The summed E-state index contributed by atoms with van der Waals surface area (Å²) in [6.45, 7) is 1.99. The summed E-state index contributed by atoms with van der Waals surface area (Å²) in [5, 5.41) is 3.19. The van der Waals surface area contributed by atoms with Gasteiger partial charge in [0.15, 0.2) is 0 Å². The van der Waals surface area contributed by atoms with Crippen LogP contribution in [0.2, 0.25) is 0 Å². The maximum atomic E-state index is 13.8. The Balaban J connectivity index is 2.28. The van der Waals surface area contributed by atoms with Gasteiger partial charge in [-0.2, -0.15) is 0 Å². The number of benzene rings is 2. The van der Waals surface area contributed by atoms with Crippen LogP contribution in [-0.2, 0) is 0 Å². The molecule has 0 amide bonds. The van der Waals surface area contributed by atoms with Gasteiger partial charge in [0.1, 0.15) is 5.82 Å². The molecule has 0 heterocycles. The van der Waals surface area contributed by atoms with Crippen molar-refractivity contribution < 1.29 is 4.39 Å². The average Bonchev–Trinajstić information content (AvgIpc) is 2.33. The van der Waals surface area contributed by atoms with Crippen molar-refractivity contribution in [1.82, 2.24) is 0 Å². The van der Waals surface area contributed by atoms with E-state index in [1.54, 1.807) is 6.07 Å². The number of hydrogen-bond acceptors (Lipinski definition) is 1. The minimum Gasteiger partial charge on any atom is -0.375 e. The number of para-hydroxylation sites is 1. The van der Waals surface area contributed by atoms with Crippen molar-refractivity contribution in [2.75, 3.05) is 5.32 Å². The maximum Gasteiger partial charge on any atom is 0.147 e. The first-order valence-electron chi connectivity index (χ1n) is 5.64. The van der Waals surface area contributed by atoms with Gasteiger partial charge in [-0.3, -0.25) is 0 Å². The highest BCUT2D eigenvalue weighted by molar-refractivity contribution is 9.11. The SMILES string of the molecule is CC(Nc1c(F)cccc1Br)c1ccc(Br)cc1Br. The molecule has 2 aromatic carbocycles. The Morgan fingerprint density at radius 2 is 1.79 bits per heavy atom. The highest BCUT2D eigenvalue weighted by atomic mass is 79.9. The molecule has 0 aromatic heterocycles. The van der Waals surface area contributed by atoms with Crippen LogP contribution in [0.4, 0.5) is 10.1 Å². The van der Waals surface area contributed by atoms with Crippen LogP contribution in [0.5, 0.6) is 0 Å². The Morgan fingerprint density at radius 3 is 2.42 bits per heavy atom. The third kappa shape index (κ3) is 3.58. The quantitative estimate of drug-likeness (QED) is 0.578. The molecule has 0 saturated heterocycles. The zero-order chi connectivity index (χ0) is 14.0. The smallest absolute Gasteiger partial charge is 0.147 e. The molecule has 100 valence electrons. The van der Waals surface area contributed by atoms with E-state index in [-0.39, 0.29) is 11.9 Å². The second-order valence-electron chi connectivity index (χ2n) is 4.13.